The second kappa shape index (κ2) is 6.35. The molecule has 3 rings (SSSR count). The highest BCUT2D eigenvalue weighted by Crippen LogP contribution is 2.33. The Hall–Kier alpha value is -1.82. The fourth-order valence-corrected chi connectivity index (χ4v) is 3.20. The molecular weight excluding hydrogens is 303 g/mol. The summed E-state index contributed by atoms with van der Waals surface area (Å²) in [6, 6.07) is 5.84. The van der Waals surface area contributed by atoms with Gasteiger partial charge in [-0.2, -0.15) is 13.2 Å². The number of rotatable bonds is 5. The van der Waals surface area contributed by atoms with Crippen LogP contribution in [0.15, 0.2) is 36.7 Å². The van der Waals surface area contributed by atoms with Gasteiger partial charge in [0.15, 0.2) is 0 Å². The molecule has 23 heavy (non-hydrogen) atoms. The summed E-state index contributed by atoms with van der Waals surface area (Å²) in [5.74, 6) is 1.54. The lowest BCUT2D eigenvalue weighted by molar-refractivity contribution is -0.138. The Bertz CT molecular complexity index is 657. The summed E-state index contributed by atoms with van der Waals surface area (Å²) in [6.07, 6.45) is 0.380. The first-order valence-corrected chi connectivity index (χ1v) is 7.85. The van der Waals surface area contributed by atoms with E-state index in [-0.39, 0.29) is 0 Å². The van der Waals surface area contributed by atoms with E-state index in [0.29, 0.717) is 18.0 Å². The maximum absolute atomic E-state index is 13.0. The normalized spacial score (nSPS) is 16.5. The van der Waals surface area contributed by atoms with Gasteiger partial charge < -0.3 is 4.57 Å². The minimum atomic E-state index is -4.28. The number of likely N-dealkylation sites (tertiary alicyclic amines) is 1. The molecule has 0 amide bonds. The topological polar surface area (TPSA) is 21.1 Å². The van der Waals surface area contributed by atoms with Gasteiger partial charge in [0.25, 0.3) is 0 Å². The van der Waals surface area contributed by atoms with Crippen molar-refractivity contribution in [3.05, 3.63) is 53.6 Å². The molecule has 6 heteroatoms. The molecule has 0 atom stereocenters. The third-order valence-electron chi connectivity index (χ3n) is 4.32. The van der Waals surface area contributed by atoms with E-state index < -0.39 is 11.7 Å². The van der Waals surface area contributed by atoms with E-state index >= 15 is 0 Å². The molecule has 0 radical (unpaired) electrons. The van der Waals surface area contributed by atoms with Gasteiger partial charge >= 0.3 is 6.18 Å². The third kappa shape index (κ3) is 3.58. The largest absolute Gasteiger partial charge is 0.416 e. The van der Waals surface area contributed by atoms with E-state index in [0.717, 1.165) is 37.9 Å². The van der Waals surface area contributed by atoms with Crippen molar-refractivity contribution in [2.45, 2.75) is 32.6 Å². The average molecular weight is 323 g/mol. The Labute approximate surface area is 133 Å². The summed E-state index contributed by atoms with van der Waals surface area (Å²) >= 11 is 0. The zero-order chi connectivity index (χ0) is 16.4. The predicted octanol–water partition coefficient (Wildman–Crippen LogP) is 3.60. The lowest BCUT2D eigenvalue weighted by Gasteiger charge is -2.40. The molecule has 1 aliphatic heterocycles. The van der Waals surface area contributed by atoms with E-state index in [4.69, 9.17) is 0 Å². The van der Waals surface area contributed by atoms with Gasteiger partial charge in [-0.25, -0.2) is 4.98 Å². The van der Waals surface area contributed by atoms with Crippen LogP contribution in [-0.2, 0) is 25.7 Å². The maximum atomic E-state index is 13.0. The molecule has 0 bridgehead atoms. The standard InChI is InChI=1S/C17H20F3N3/c1-2-16-21-7-8-23(16)11-13-9-22(10-13)12-14-5-3-4-6-15(14)17(18,19)20/h3-8,13H,2,9-12H2,1H3. The Kier molecular flexibility index (Phi) is 4.43. The number of nitrogens with zero attached hydrogens (tertiary/aromatic N) is 3. The molecule has 0 unspecified atom stereocenters. The zero-order valence-electron chi connectivity index (χ0n) is 13.1. The lowest BCUT2D eigenvalue weighted by atomic mass is 9.97. The number of halogens is 3. The summed E-state index contributed by atoms with van der Waals surface area (Å²) in [5, 5.41) is 0. The fraction of sp³-hybridized carbons (Fsp3) is 0.471. The number of imidazole rings is 1. The van der Waals surface area contributed by atoms with Crippen LogP contribution in [-0.4, -0.2) is 27.5 Å². The summed E-state index contributed by atoms with van der Waals surface area (Å²) in [4.78, 5) is 6.36. The minimum Gasteiger partial charge on any atom is -0.335 e. The van der Waals surface area contributed by atoms with Crippen molar-refractivity contribution in [3.63, 3.8) is 0 Å². The number of aryl methyl sites for hydroxylation is 1. The van der Waals surface area contributed by atoms with Crippen LogP contribution in [0.2, 0.25) is 0 Å². The van der Waals surface area contributed by atoms with Gasteiger partial charge in [-0.05, 0) is 11.6 Å². The molecule has 2 aromatic rings. The minimum absolute atomic E-state index is 0.357. The zero-order valence-corrected chi connectivity index (χ0v) is 13.1. The Balaban J connectivity index is 1.57. The number of alkyl halides is 3. The molecular formula is C17H20F3N3. The van der Waals surface area contributed by atoms with Crippen LogP contribution < -0.4 is 0 Å². The SMILES string of the molecule is CCc1nccn1CC1CN(Cc2ccccc2C(F)(F)F)C1. The van der Waals surface area contributed by atoms with Crippen LogP contribution in [0.25, 0.3) is 0 Å². The number of benzene rings is 1. The van der Waals surface area contributed by atoms with Crippen LogP contribution in [0.4, 0.5) is 13.2 Å². The van der Waals surface area contributed by atoms with E-state index in [1.807, 2.05) is 6.20 Å². The first kappa shape index (κ1) is 16.1. The van der Waals surface area contributed by atoms with Gasteiger partial charge in [0, 0.05) is 50.9 Å². The number of aromatic nitrogens is 2. The lowest BCUT2D eigenvalue weighted by Crippen LogP contribution is -2.48. The first-order chi connectivity index (χ1) is 11.0. The Morgan fingerprint density at radius 2 is 1.96 bits per heavy atom. The van der Waals surface area contributed by atoms with E-state index in [1.165, 1.54) is 6.07 Å². The molecule has 1 aromatic heterocycles. The van der Waals surface area contributed by atoms with Crippen LogP contribution >= 0.6 is 0 Å². The van der Waals surface area contributed by atoms with Crippen molar-refractivity contribution in [3.8, 4) is 0 Å². The molecule has 1 aromatic carbocycles. The van der Waals surface area contributed by atoms with Crippen molar-refractivity contribution in [2.75, 3.05) is 13.1 Å². The highest BCUT2D eigenvalue weighted by atomic mass is 19.4. The fourth-order valence-electron chi connectivity index (χ4n) is 3.20. The summed E-state index contributed by atoms with van der Waals surface area (Å²) < 4.78 is 41.2. The van der Waals surface area contributed by atoms with Gasteiger partial charge in [0.1, 0.15) is 5.82 Å². The number of hydrogen-bond acceptors (Lipinski definition) is 2. The number of hydrogen-bond donors (Lipinski definition) is 0. The second-order valence-corrected chi connectivity index (χ2v) is 6.06. The van der Waals surface area contributed by atoms with Crippen molar-refractivity contribution in [1.29, 1.82) is 0 Å². The van der Waals surface area contributed by atoms with Crippen molar-refractivity contribution in [2.24, 2.45) is 5.92 Å². The van der Waals surface area contributed by atoms with Gasteiger partial charge in [0.05, 0.1) is 5.56 Å². The molecule has 0 N–H and O–H groups in total. The monoisotopic (exact) mass is 323 g/mol. The van der Waals surface area contributed by atoms with Crippen LogP contribution in [0.1, 0.15) is 23.9 Å². The molecule has 0 saturated carbocycles. The van der Waals surface area contributed by atoms with Crippen molar-refractivity contribution < 1.29 is 13.2 Å². The molecule has 1 aliphatic rings. The third-order valence-corrected chi connectivity index (χ3v) is 4.32. The van der Waals surface area contributed by atoms with Crippen LogP contribution in [0, 0.1) is 5.92 Å². The van der Waals surface area contributed by atoms with Crippen LogP contribution in [0.5, 0.6) is 0 Å². The molecule has 124 valence electrons. The van der Waals surface area contributed by atoms with Gasteiger partial charge in [-0.3, -0.25) is 4.90 Å². The van der Waals surface area contributed by atoms with Crippen molar-refractivity contribution in [1.82, 2.24) is 14.5 Å². The maximum Gasteiger partial charge on any atom is 0.416 e. The van der Waals surface area contributed by atoms with E-state index in [2.05, 4.69) is 21.4 Å². The molecule has 1 fully saturated rings. The molecule has 3 nitrogen and oxygen atoms in total. The van der Waals surface area contributed by atoms with Gasteiger partial charge in [-0.1, -0.05) is 25.1 Å². The summed E-state index contributed by atoms with van der Waals surface area (Å²) in [5.41, 5.74) is -0.165. The summed E-state index contributed by atoms with van der Waals surface area (Å²) in [6.45, 7) is 4.97. The first-order valence-electron chi connectivity index (χ1n) is 7.85. The van der Waals surface area contributed by atoms with Gasteiger partial charge in [0.2, 0.25) is 0 Å². The quantitative estimate of drug-likeness (QED) is 0.838. The summed E-state index contributed by atoms with van der Waals surface area (Å²) in [7, 11) is 0. The smallest absolute Gasteiger partial charge is 0.335 e. The molecule has 1 saturated heterocycles. The van der Waals surface area contributed by atoms with Crippen molar-refractivity contribution >= 4 is 0 Å². The molecule has 0 aliphatic carbocycles. The molecule has 0 spiro atoms. The van der Waals surface area contributed by atoms with E-state index in [1.54, 1.807) is 18.3 Å². The average Bonchev–Trinajstić information content (AvgIpc) is 2.91. The second-order valence-electron chi connectivity index (χ2n) is 6.06. The highest BCUT2D eigenvalue weighted by molar-refractivity contribution is 5.29. The Morgan fingerprint density at radius 3 is 2.65 bits per heavy atom. The highest BCUT2D eigenvalue weighted by Gasteiger charge is 2.34. The predicted molar refractivity (Wildman–Crippen MR) is 81.8 cm³/mol. The Morgan fingerprint density at radius 1 is 1.22 bits per heavy atom. The van der Waals surface area contributed by atoms with E-state index in [9.17, 15) is 13.2 Å². The molecule has 2 heterocycles. The van der Waals surface area contributed by atoms with Gasteiger partial charge in [-0.15, -0.1) is 0 Å². The van der Waals surface area contributed by atoms with Crippen LogP contribution in [0.3, 0.4) is 0 Å².